The first-order valence-corrected chi connectivity index (χ1v) is 14.5. The monoisotopic (exact) mass is 554 g/mol. The molecule has 11 heteroatoms. The van der Waals surface area contributed by atoms with Gasteiger partial charge in [0.15, 0.2) is 8.68 Å². The molecule has 182 valence electrons. The number of fused-ring (bicyclic) bond motifs is 2. The Bertz CT molecular complexity index is 1380. The second-order valence-electron chi connectivity index (χ2n) is 7.56. The van der Waals surface area contributed by atoms with Gasteiger partial charge in [-0.2, -0.15) is 0 Å². The van der Waals surface area contributed by atoms with Crippen LogP contribution in [0.3, 0.4) is 0 Å². The van der Waals surface area contributed by atoms with Crippen molar-refractivity contribution in [3.63, 3.8) is 0 Å². The van der Waals surface area contributed by atoms with Gasteiger partial charge in [-0.15, -0.1) is 22.7 Å². The maximum Gasteiger partial charge on any atom is 0.232 e. The Kier molecular flexibility index (Phi) is 7.81. The highest BCUT2D eigenvalue weighted by Crippen LogP contribution is 2.30. The van der Waals surface area contributed by atoms with Crippen LogP contribution in [0.1, 0.15) is 11.7 Å². The van der Waals surface area contributed by atoms with Crippen LogP contribution in [0.2, 0.25) is 0 Å². The Morgan fingerprint density at radius 1 is 0.750 bits per heavy atom. The van der Waals surface area contributed by atoms with Gasteiger partial charge in [0, 0.05) is 5.56 Å². The molecule has 36 heavy (non-hydrogen) atoms. The van der Waals surface area contributed by atoms with E-state index in [9.17, 15) is 14.0 Å². The first-order valence-electron chi connectivity index (χ1n) is 10.8. The Labute approximate surface area is 222 Å². The van der Waals surface area contributed by atoms with E-state index in [1.54, 1.807) is 18.2 Å². The molecule has 2 heterocycles. The molecule has 0 aliphatic carbocycles. The Morgan fingerprint density at radius 3 is 1.72 bits per heavy atom. The minimum atomic E-state index is -1.00. The normalized spacial score (nSPS) is 11.3. The fourth-order valence-electron chi connectivity index (χ4n) is 3.39. The van der Waals surface area contributed by atoms with Crippen molar-refractivity contribution in [2.24, 2.45) is 0 Å². The molecule has 5 rings (SSSR count). The van der Waals surface area contributed by atoms with Gasteiger partial charge in [-0.1, -0.05) is 66.0 Å². The molecule has 0 bridgehead atoms. The smallest absolute Gasteiger partial charge is 0.232 e. The number of carbonyl (C=O) groups is 2. The van der Waals surface area contributed by atoms with E-state index in [1.807, 2.05) is 48.5 Å². The van der Waals surface area contributed by atoms with Gasteiger partial charge >= 0.3 is 0 Å². The molecule has 0 aliphatic heterocycles. The van der Waals surface area contributed by atoms with Crippen molar-refractivity contribution in [3.05, 3.63) is 84.2 Å². The maximum atomic E-state index is 14.5. The predicted molar refractivity (Wildman–Crippen MR) is 146 cm³/mol. The van der Waals surface area contributed by atoms with E-state index in [-0.39, 0.29) is 28.9 Å². The first-order chi connectivity index (χ1) is 17.5. The molecule has 5 aromatic rings. The van der Waals surface area contributed by atoms with Crippen LogP contribution in [0, 0.1) is 5.82 Å². The van der Waals surface area contributed by atoms with Crippen LogP contribution in [-0.4, -0.2) is 33.3 Å². The number of aromatic nitrogens is 2. The first kappa shape index (κ1) is 24.7. The molecular formula is C25H19FN4O2S4. The Balaban J connectivity index is 1.22. The molecule has 2 N–H and O–H groups in total. The number of amides is 2. The van der Waals surface area contributed by atoms with Gasteiger partial charge in [-0.05, 0) is 30.3 Å². The number of thioether (sulfide) groups is 2. The number of rotatable bonds is 9. The van der Waals surface area contributed by atoms with E-state index in [0.717, 1.165) is 29.1 Å². The van der Waals surface area contributed by atoms with E-state index in [4.69, 9.17) is 0 Å². The number of thiazole rings is 2. The summed E-state index contributed by atoms with van der Waals surface area (Å²) in [4.78, 5) is 34.5. The zero-order chi connectivity index (χ0) is 24.9. The number of halogens is 1. The number of para-hydroxylation sites is 2. The van der Waals surface area contributed by atoms with Gasteiger partial charge in [-0.25, -0.2) is 14.4 Å². The third-order valence-electron chi connectivity index (χ3n) is 5.03. The average Bonchev–Trinajstić information content (AvgIpc) is 3.49. The molecule has 0 fully saturated rings. The summed E-state index contributed by atoms with van der Waals surface area (Å²) in [7, 11) is 0. The topological polar surface area (TPSA) is 84.0 Å². The molecule has 0 radical (unpaired) electrons. The van der Waals surface area contributed by atoms with Crippen LogP contribution in [0.4, 0.5) is 4.39 Å². The Morgan fingerprint density at radius 2 is 1.22 bits per heavy atom. The van der Waals surface area contributed by atoms with E-state index in [0.29, 0.717) is 0 Å². The average molecular weight is 555 g/mol. The van der Waals surface area contributed by atoms with Crippen LogP contribution in [0.5, 0.6) is 0 Å². The van der Waals surface area contributed by atoms with Crippen LogP contribution < -0.4 is 10.6 Å². The number of nitrogens with zero attached hydrogens (tertiary/aromatic N) is 2. The van der Waals surface area contributed by atoms with Crippen molar-refractivity contribution in [1.82, 2.24) is 20.6 Å². The van der Waals surface area contributed by atoms with Gasteiger partial charge in [0.05, 0.1) is 31.9 Å². The lowest BCUT2D eigenvalue weighted by atomic mass is 10.1. The summed E-state index contributed by atoms with van der Waals surface area (Å²) >= 11 is 5.62. The summed E-state index contributed by atoms with van der Waals surface area (Å²) < 4.78 is 18.2. The summed E-state index contributed by atoms with van der Waals surface area (Å²) in [5.41, 5.74) is 1.95. The van der Waals surface area contributed by atoms with E-state index < -0.39 is 12.0 Å². The number of benzene rings is 3. The lowest BCUT2D eigenvalue weighted by Crippen LogP contribution is -2.42. The standard InChI is InChI=1S/C25H19FN4O2S4/c26-16-8-2-1-7-15(16)23(29-21(31)13-33-24-27-17-9-3-5-11-19(17)35-24)30-22(32)14-34-25-28-18-10-4-6-12-20(18)36-25/h1-12,23H,13-14H2,(H,29,31)(H,30,32). The highest BCUT2D eigenvalue weighted by atomic mass is 32.2. The lowest BCUT2D eigenvalue weighted by molar-refractivity contribution is -0.121. The number of carbonyl (C=O) groups excluding carboxylic acids is 2. The zero-order valence-electron chi connectivity index (χ0n) is 18.6. The van der Waals surface area contributed by atoms with Gasteiger partial charge in [0.2, 0.25) is 11.8 Å². The minimum absolute atomic E-state index is 0.0844. The molecule has 0 unspecified atom stereocenters. The van der Waals surface area contributed by atoms with Gasteiger partial charge in [0.25, 0.3) is 0 Å². The molecule has 0 spiro atoms. The highest BCUT2D eigenvalue weighted by Gasteiger charge is 2.21. The quantitative estimate of drug-likeness (QED) is 0.175. The lowest BCUT2D eigenvalue weighted by Gasteiger charge is -2.21. The SMILES string of the molecule is O=C(CSc1nc2ccccc2s1)NC(NC(=O)CSc1nc2ccccc2s1)c1ccccc1F. The highest BCUT2D eigenvalue weighted by molar-refractivity contribution is 8.02. The van der Waals surface area contributed by atoms with Gasteiger partial charge in [0.1, 0.15) is 12.0 Å². The van der Waals surface area contributed by atoms with Gasteiger partial charge < -0.3 is 10.6 Å². The van der Waals surface area contributed by atoms with Gasteiger partial charge in [-0.3, -0.25) is 9.59 Å². The summed E-state index contributed by atoms with van der Waals surface area (Å²) in [6.07, 6.45) is -1.00. The fraction of sp³-hybridized carbons (Fsp3) is 0.120. The molecular weight excluding hydrogens is 536 g/mol. The molecule has 2 aromatic heterocycles. The third-order valence-corrected chi connectivity index (χ3v) is 9.39. The summed E-state index contributed by atoms with van der Waals surface area (Å²) in [6.45, 7) is 0. The zero-order valence-corrected chi connectivity index (χ0v) is 21.9. The number of nitrogens with one attached hydrogen (secondary N) is 2. The van der Waals surface area contributed by atoms with E-state index in [2.05, 4.69) is 20.6 Å². The second-order valence-corrected chi connectivity index (χ2v) is 12.1. The minimum Gasteiger partial charge on any atom is -0.331 e. The fourth-order valence-corrected chi connectivity index (χ4v) is 7.15. The van der Waals surface area contributed by atoms with Crippen molar-refractivity contribution in [3.8, 4) is 0 Å². The third kappa shape index (κ3) is 6.04. The van der Waals surface area contributed by atoms with E-state index in [1.165, 1.54) is 52.3 Å². The van der Waals surface area contributed by atoms with Crippen LogP contribution in [0.25, 0.3) is 20.4 Å². The molecule has 0 atom stereocenters. The number of hydrogen-bond donors (Lipinski definition) is 2. The summed E-state index contributed by atoms with van der Waals surface area (Å²) in [5.74, 6) is -1.03. The van der Waals surface area contributed by atoms with Crippen molar-refractivity contribution in [2.45, 2.75) is 14.8 Å². The molecule has 2 amide bonds. The summed E-state index contributed by atoms with van der Waals surface area (Å²) in [5, 5.41) is 5.50. The number of hydrogen-bond acceptors (Lipinski definition) is 8. The molecule has 0 aliphatic rings. The predicted octanol–water partition coefficient (Wildman–Crippen LogP) is 5.86. The second kappa shape index (κ2) is 11.4. The van der Waals surface area contributed by atoms with Crippen LogP contribution in [0.15, 0.2) is 81.5 Å². The maximum absolute atomic E-state index is 14.5. The molecule has 3 aromatic carbocycles. The van der Waals surface area contributed by atoms with Crippen molar-refractivity contribution >= 4 is 78.4 Å². The van der Waals surface area contributed by atoms with Crippen LogP contribution >= 0.6 is 46.2 Å². The summed E-state index contributed by atoms with van der Waals surface area (Å²) in [6, 6.07) is 21.6. The van der Waals surface area contributed by atoms with E-state index >= 15 is 0 Å². The van der Waals surface area contributed by atoms with Crippen LogP contribution in [-0.2, 0) is 9.59 Å². The van der Waals surface area contributed by atoms with Crippen molar-refractivity contribution in [2.75, 3.05) is 11.5 Å². The van der Waals surface area contributed by atoms with Crippen molar-refractivity contribution in [1.29, 1.82) is 0 Å². The Hall–Kier alpha value is -2.99. The largest absolute Gasteiger partial charge is 0.331 e. The molecule has 0 saturated carbocycles. The molecule has 6 nitrogen and oxygen atoms in total. The molecule has 0 saturated heterocycles. The van der Waals surface area contributed by atoms with Crippen molar-refractivity contribution < 1.29 is 14.0 Å².